The average Bonchev–Trinajstić information content (AvgIpc) is 2.62. The Balaban J connectivity index is 2.42. The van der Waals surface area contributed by atoms with Gasteiger partial charge in [0, 0.05) is 30.3 Å². The number of hydrogen-bond acceptors (Lipinski definition) is 2. The van der Waals surface area contributed by atoms with E-state index in [0.717, 1.165) is 22.9 Å². The largest absolute Gasteiger partial charge is 0.496 e. The van der Waals surface area contributed by atoms with E-state index in [1.54, 1.807) is 13.1 Å². The third kappa shape index (κ3) is 4.40. The van der Waals surface area contributed by atoms with Gasteiger partial charge in [-0.3, -0.25) is 0 Å². The molecule has 5 heteroatoms. The fourth-order valence-electron chi connectivity index (χ4n) is 2.62. The summed E-state index contributed by atoms with van der Waals surface area (Å²) in [4.78, 5) is 0. The molecule has 136 valence electrons. The molecule has 2 nitrogen and oxygen atoms in total. The van der Waals surface area contributed by atoms with E-state index in [9.17, 15) is 13.2 Å². The molecule has 0 bridgehead atoms. The summed E-state index contributed by atoms with van der Waals surface area (Å²) in [7, 11) is 3.30. The summed E-state index contributed by atoms with van der Waals surface area (Å²) in [6.07, 6.45) is -4.13. The van der Waals surface area contributed by atoms with Gasteiger partial charge in [0.1, 0.15) is 5.75 Å². The van der Waals surface area contributed by atoms with E-state index in [2.05, 4.69) is 23.7 Å². The summed E-state index contributed by atoms with van der Waals surface area (Å²) < 4.78 is 45.3. The van der Waals surface area contributed by atoms with E-state index in [-0.39, 0.29) is 5.56 Å². The number of ether oxygens (including phenoxy) is 1. The molecule has 0 fully saturated rings. The summed E-state index contributed by atoms with van der Waals surface area (Å²) in [6.45, 7) is 5.41. The number of hydrogen-bond donors (Lipinski definition) is 1. The minimum atomic E-state index is -4.45. The van der Waals surface area contributed by atoms with Gasteiger partial charge in [-0.15, -0.1) is 5.92 Å². The van der Waals surface area contributed by atoms with Crippen LogP contribution < -0.4 is 10.1 Å². The number of benzene rings is 2. The van der Waals surface area contributed by atoms with Crippen LogP contribution in [0.3, 0.4) is 0 Å². The lowest BCUT2D eigenvalue weighted by molar-refractivity contribution is -0.137. The Bertz CT molecular complexity index is 873. The summed E-state index contributed by atoms with van der Waals surface area (Å²) in [5, 5.41) is 2.96. The molecule has 1 N–H and O–H groups in total. The van der Waals surface area contributed by atoms with Crippen molar-refractivity contribution in [3.8, 4) is 17.6 Å². The van der Waals surface area contributed by atoms with Crippen LogP contribution >= 0.6 is 0 Å². The van der Waals surface area contributed by atoms with Gasteiger partial charge in [0.25, 0.3) is 0 Å². The second kappa shape index (κ2) is 8.01. The molecule has 0 radical (unpaired) electrons. The zero-order valence-corrected chi connectivity index (χ0v) is 14.9. The molecule has 0 amide bonds. The average molecular weight is 359 g/mol. The van der Waals surface area contributed by atoms with Crippen LogP contribution in [0.4, 0.5) is 13.2 Å². The van der Waals surface area contributed by atoms with E-state index >= 15 is 0 Å². The van der Waals surface area contributed by atoms with Gasteiger partial charge in [0.05, 0.1) is 12.7 Å². The Labute approximate surface area is 151 Å². The monoisotopic (exact) mass is 359 g/mol. The lowest BCUT2D eigenvalue weighted by atomic mass is 9.97. The van der Waals surface area contributed by atoms with Gasteiger partial charge >= 0.3 is 6.18 Å². The van der Waals surface area contributed by atoms with Crippen LogP contribution in [0.1, 0.15) is 34.7 Å². The molecule has 2 rings (SSSR count). The van der Waals surface area contributed by atoms with Gasteiger partial charge in [-0.25, -0.2) is 0 Å². The van der Waals surface area contributed by atoms with E-state index < -0.39 is 11.7 Å². The lowest BCUT2D eigenvalue weighted by Gasteiger charge is -2.14. The highest BCUT2D eigenvalue weighted by Gasteiger charge is 2.33. The molecule has 26 heavy (non-hydrogen) atoms. The third-order valence-electron chi connectivity index (χ3n) is 3.98. The molecule has 0 saturated carbocycles. The maximum Gasteiger partial charge on any atom is 0.417 e. The third-order valence-corrected chi connectivity index (χ3v) is 3.98. The Morgan fingerprint density at radius 2 is 1.92 bits per heavy atom. The van der Waals surface area contributed by atoms with Gasteiger partial charge < -0.3 is 10.1 Å². The second-order valence-electron chi connectivity index (χ2n) is 5.68. The SMILES string of the molecule is C=C(NC)c1ccc(Cc2ccc(C#CC)c(C(F)(F)F)c2)c(OC)c1. The maximum absolute atomic E-state index is 13.3. The fraction of sp³-hybridized carbons (Fsp3) is 0.238. The van der Waals surface area contributed by atoms with Crippen LogP contribution in [0, 0.1) is 11.8 Å². The van der Waals surface area contributed by atoms with Crippen molar-refractivity contribution >= 4 is 5.70 Å². The van der Waals surface area contributed by atoms with Crippen LogP contribution in [0.5, 0.6) is 5.75 Å². The first-order valence-electron chi connectivity index (χ1n) is 7.97. The molecule has 0 aliphatic rings. The van der Waals surface area contributed by atoms with Crippen LogP contribution in [-0.2, 0) is 12.6 Å². The Hall–Kier alpha value is -2.87. The van der Waals surface area contributed by atoms with Gasteiger partial charge in [-0.1, -0.05) is 30.7 Å². The molecule has 2 aromatic carbocycles. The van der Waals surface area contributed by atoms with Crippen molar-refractivity contribution in [2.24, 2.45) is 0 Å². The molecule has 2 aromatic rings. The molecule has 0 aliphatic heterocycles. The van der Waals surface area contributed by atoms with Crippen molar-refractivity contribution in [1.29, 1.82) is 0 Å². The predicted octanol–water partition coefficient (Wildman–Crippen LogP) is 4.87. The van der Waals surface area contributed by atoms with Gasteiger partial charge in [0.2, 0.25) is 0 Å². The standard InChI is InChI=1S/C21H20F3NO/c1-5-6-16-8-7-15(12-19(16)21(22,23)24)11-18-10-9-17(14(2)25-3)13-20(18)26-4/h7-10,12-13,25H,2,11H2,1,3-4H3. The highest BCUT2D eigenvalue weighted by molar-refractivity contribution is 5.64. The smallest absolute Gasteiger partial charge is 0.417 e. The van der Waals surface area contributed by atoms with E-state index in [4.69, 9.17) is 4.74 Å². The number of methoxy groups -OCH3 is 1. The Kier molecular flexibility index (Phi) is 5.99. The van der Waals surface area contributed by atoms with E-state index in [1.165, 1.54) is 20.1 Å². The van der Waals surface area contributed by atoms with Crippen LogP contribution in [0.2, 0.25) is 0 Å². The minimum Gasteiger partial charge on any atom is -0.496 e. The number of rotatable bonds is 5. The number of alkyl halides is 3. The molecule has 0 atom stereocenters. The van der Waals surface area contributed by atoms with Crippen LogP contribution in [0.25, 0.3) is 5.70 Å². The molecular formula is C21H20F3NO. The maximum atomic E-state index is 13.3. The van der Waals surface area contributed by atoms with Crippen LogP contribution in [0.15, 0.2) is 43.0 Å². The predicted molar refractivity (Wildman–Crippen MR) is 97.9 cm³/mol. The van der Waals surface area contributed by atoms with Gasteiger partial charge in [-0.2, -0.15) is 13.2 Å². The summed E-state index contributed by atoms with van der Waals surface area (Å²) in [5.74, 6) is 5.64. The molecule has 0 heterocycles. The van der Waals surface area contributed by atoms with Crippen molar-refractivity contribution in [2.75, 3.05) is 14.2 Å². The van der Waals surface area contributed by atoms with Crippen LogP contribution in [-0.4, -0.2) is 14.2 Å². The fourth-order valence-corrected chi connectivity index (χ4v) is 2.62. The topological polar surface area (TPSA) is 21.3 Å². The van der Waals surface area contributed by atoms with Crippen molar-refractivity contribution < 1.29 is 17.9 Å². The van der Waals surface area contributed by atoms with Gasteiger partial charge in [0.15, 0.2) is 0 Å². The lowest BCUT2D eigenvalue weighted by Crippen LogP contribution is -2.09. The zero-order valence-electron chi connectivity index (χ0n) is 14.9. The van der Waals surface area contributed by atoms with Crippen molar-refractivity contribution in [3.63, 3.8) is 0 Å². The van der Waals surface area contributed by atoms with Crippen molar-refractivity contribution in [1.82, 2.24) is 5.32 Å². The summed E-state index contributed by atoms with van der Waals surface area (Å²) >= 11 is 0. The summed E-state index contributed by atoms with van der Waals surface area (Å²) in [5.41, 5.74) is 2.19. The summed E-state index contributed by atoms with van der Waals surface area (Å²) in [6, 6.07) is 9.74. The normalized spacial score (nSPS) is 10.7. The highest BCUT2D eigenvalue weighted by atomic mass is 19.4. The zero-order chi connectivity index (χ0) is 19.3. The molecule has 0 spiro atoms. The Morgan fingerprint density at radius 3 is 2.50 bits per heavy atom. The first kappa shape index (κ1) is 19.5. The van der Waals surface area contributed by atoms with Crippen molar-refractivity contribution in [3.05, 3.63) is 70.8 Å². The minimum absolute atomic E-state index is 0.0172. The van der Waals surface area contributed by atoms with Gasteiger partial charge in [-0.05, 0) is 36.2 Å². The second-order valence-corrected chi connectivity index (χ2v) is 5.68. The first-order valence-corrected chi connectivity index (χ1v) is 7.97. The molecule has 0 aliphatic carbocycles. The number of nitrogens with one attached hydrogen (secondary N) is 1. The number of halogens is 3. The Morgan fingerprint density at radius 1 is 1.19 bits per heavy atom. The van der Waals surface area contributed by atoms with E-state index in [1.807, 2.05) is 18.2 Å². The molecule has 0 saturated heterocycles. The first-order chi connectivity index (χ1) is 12.3. The molecule has 0 aromatic heterocycles. The van der Waals surface area contributed by atoms with Crippen molar-refractivity contribution in [2.45, 2.75) is 19.5 Å². The van der Waals surface area contributed by atoms with E-state index in [0.29, 0.717) is 17.7 Å². The quantitative estimate of drug-likeness (QED) is 0.770. The molecular weight excluding hydrogens is 339 g/mol. The highest BCUT2D eigenvalue weighted by Crippen LogP contribution is 2.33. The molecule has 0 unspecified atom stereocenters.